The van der Waals surface area contributed by atoms with E-state index in [1.807, 2.05) is 24.4 Å². The van der Waals surface area contributed by atoms with E-state index in [4.69, 9.17) is 18.6 Å². The van der Waals surface area contributed by atoms with E-state index in [0.29, 0.717) is 46.8 Å². The highest BCUT2D eigenvalue weighted by molar-refractivity contribution is 5.94. The van der Waals surface area contributed by atoms with Gasteiger partial charge >= 0.3 is 0 Å². The number of rotatable bonds is 8. The molecule has 0 fully saturated rings. The maximum Gasteiger partial charge on any atom is 0.251 e. The molecule has 8 heteroatoms. The first kappa shape index (κ1) is 24.0. The minimum Gasteiger partial charge on any atom is -0.497 e. The molecule has 0 saturated heterocycles. The van der Waals surface area contributed by atoms with Crippen molar-refractivity contribution in [1.29, 1.82) is 0 Å². The molecule has 0 atom stereocenters. The van der Waals surface area contributed by atoms with E-state index in [1.165, 1.54) is 0 Å². The zero-order valence-electron chi connectivity index (χ0n) is 20.7. The van der Waals surface area contributed by atoms with Crippen molar-refractivity contribution >= 4 is 27.8 Å². The summed E-state index contributed by atoms with van der Waals surface area (Å²) in [5, 5.41) is 4.41. The van der Waals surface area contributed by atoms with E-state index in [2.05, 4.69) is 10.3 Å². The van der Waals surface area contributed by atoms with Gasteiger partial charge in [0.05, 0.1) is 19.6 Å². The van der Waals surface area contributed by atoms with Crippen molar-refractivity contribution in [3.63, 3.8) is 0 Å². The third-order valence-corrected chi connectivity index (χ3v) is 6.21. The molecule has 37 heavy (non-hydrogen) atoms. The maximum atomic E-state index is 13.0. The number of fused-ring (bicyclic) bond motifs is 2. The lowest BCUT2D eigenvalue weighted by atomic mass is 10.1. The average Bonchev–Trinajstić information content (AvgIpc) is 3.33. The Bertz CT molecular complexity index is 1650. The summed E-state index contributed by atoms with van der Waals surface area (Å²) in [5.41, 5.74) is 2.75. The Labute approximate surface area is 212 Å². The molecule has 0 spiro atoms. The van der Waals surface area contributed by atoms with Crippen LogP contribution < -0.4 is 25.0 Å². The quantitative estimate of drug-likeness (QED) is 0.298. The number of benzene rings is 3. The number of aryl methyl sites for hydroxylation is 1. The van der Waals surface area contributed by atoms with E-state index in [0.717, 1.165) is 22.2 Å². The van der Waals surface area contributed by atoms with Crippen LogP contribution in [0.2, 0.25) is 0 Å². The monoisotopic (exact) mass is 498 g/mol. The van der Waals surface area contributed by atoms with Crippen LogP contribution in [-0.4, -0.2) is 31.7 Å². The molecule has 0 aliphatic heterocycles. The molecule has 1 amide bonds. The molecular weight excluding hydrogens is 472 g/mol. The predicted octanol–water partition coefficient (Wildman–Crippen LogP) is 5.36. The highest BCUT2D eigenvalue weighted by Crippen LogP contribution is 2.28. The van der Waals surface area contributed by atoms with E-state index in [-0.39, 0.29) is 17.1 Å². The summed E-state index contributed by atoms with van der Waals surface area (Å²) in [7, 11) is 3.19. The van der Waals surface area contributed by atoms with Crippen LogP contribution in [-0.2, 0) is 6.42 Å². The smallest absolute Gasteiger partial charge is 0.251 e. The Balaban J connectivity index is 1.24. The number of hydrogen-bond donors (Lipinski definition) is 2. The van der Waals surface area contributed by atoms with Gasteiger partial charge in [0.25, 0.3) is 5.91 Å². The number of aromatic amines is 1. The van der Waals surface area contributed by atoms with E-state index < -0.39 is 0 Å². The average molecular weight is 499 g/mol. The van der Waals surface area contributed by atoms with Gasteiger partial charge in [-0.15, -0.1) is 0 Å². The number of nitrogens with one attached hydrogen (secondary N) is 2. The number of methoxy groups -OCH3 is 2. The van der Waals surface area contributed by atoms with Crippen molar-refractivity contribution in [2.24, 2.45) is 0 Å². The fourth-order valence-corrected chi connectivity index (χ4v) is 4.21. The molecule has 8 nitrogen and oxygen atoms in total. The molecule has 2 N–H and O–H groups in total. The van der Waals surface area contributed by atoms with Gasteiger partial charge in [0, 0.05) is 35.3 Å². The van der Waals surface area contributed by atoms with Gasteiger partial charge in [-0.25, -0.2) is 0 Å². The van der Waals surface area contributed by atoms with Crippen molar-refractivity contribution in [3.05, 3.63) is 94.0 Å². The highest BCUT2D eigenvalue weighted by Gasteiger charge is 2.15. The number of carbonyl (C=O) groups excluding carboxylic acids is 1. The standard InChI is InChI=1S/C29H26N2O6/c1-17-28(27(32)23-10-8-22(35-3)15-26(23)36-17)37-20-6-4-18(5-7-20)29(33)30-13-12-19-16-31-25-11-9-21(34-2)14-24(19)25/h4-11,14-16,31H,12-13H2,1-3H3,(H,30,33). The lowest BCUT2D eigenvalue weighted by Gasteiger charge is -2.10. The summed E-state index contributed by atoms with van der Waals surface area (Å²) in [5.74, 6) is 2.07. The molecule has 0 aliphatic carbocycles. The first-order valence-electron chi connectivity index (χ1n) is 11.8. The van der Waals surface area contributed by atoms with Crippen LogP contribution in [0.3, 0.4) is 0 Å². The van der Waals surface area contributed by atoms with E-state index in [1.54, 1.807) is 63.6 Å². The van der Waals surface area contributed by atoms with Crippen molar-refractivity contribution < 1.29 is 23.4 Å². The van der Waals surface area contributed by atoms with Crippen LogP contribution in [0.5, 0.6) is 23.0 Å². The summed E-state index contributed by atoms with van der Waals surface area (Å²) in [6.07, 6.45) is 2.62. The first-order valence-corrected chi connectivity index (χ1v) is 11.8. The molecule has 5 aromatic rings. The second-order valence-electron chi connectivity index (χ2n) is 8.54. The summed E-state index contributed by atoms with van der Waals surface area (Å²) < 4.78 is 22.1. The van der Waals surface area contributed by atoms with Crippen molar-refractivity contribution in [1.82, 2.24) is 10.3 Å². The van der Waals surface area contributed by atoms with Gasteiger partial charge in [0.15, 0.2) is 0 Å². The number of carbonyl (C=O) groups is 1. The summed E-state index contributed by atoms with van der Waals surface area (Å²) in [6.45, 7) is 2.14. The second kappa shape index (κ2) is 10.1. The minimum absolute atomic E-state index is 0.102. The molecule has 0 bridgehead atoms. The highest BCUT2D eigenvalue weighted by atomic mass is 16.5. The Morgan fingerprint density at radius 2 is 1.62 bits per heavy atom. The molecule has 2 heterocycles. The number of aromatic nitrogens is 1. The van der Waals surface area contributed by atoms with Gasteiger partial charge < -0.3 is 28.9 Å². The van der Waals surface area contributed by atoms with Crippen LogP contribution in [0.4, 0.5) is 0 Å². The maximum absolute atomic E-state index is 13.0. The van der Waals surface area contributed by atoms with Crippen molar-refractivity contribution in [2.75, 3.05) is 20.8 Å². The normalized spacial score (nSPS) is 11.0. The number of hydrogen-bond acceptors (Lipinski definition) is 6. The SMILES string of the molecule is COc1ccc2c(=O)c(Oc3ccc(C(=O)NCCc4c[nH]c5ccc(OC)cc45)cc3)c(C)oc2c1. The van der Waals surface area contributed by atoms with Crippen LogP contribution in [0.15, 0.2) is 76.1 Å². The van der Waals surface area contributed by atoms with Gasteiger partial charge in [-0.1, -0.05) is 0 Å². The zero-order chi connectivity index (χ0) is 25.9. The Hall–Kier alpha value is -4.72. The Kier molecular flexibility index (Phi) is 6.55. The Morgan fingerprint density at radius 1 is 0.919 bits per heavy atom. The van der Waals surface area contributed by atoms with Crippen LogP contribution in [0.25, 0.3) is 21.9 Å². The topological polar surface area (TPSA) is 103 Å². The van der Waals surface area contributed by atoms with Crippen molar-refractivity contribution in [3.8, 4) is 23.0 Å². The van der Waals surface area contributed by atoms with Crippen LogP contribution >= 0.6 is 0 Å². The first-order chi connectivity index (χ1) is 18.0. The molecule has 0 saturated carbocycles. The third-order valence-electron chi connectivity index (χ3n) is 6.21. The molecule has 188 valence electrons. The zero-order valence-corrected chi connectivity index (χ0v) is 20.7. The van der Waals surface area contributed by atoms with Crippen LogP contribution in [0.1, 0.15) is 21.7 Å². The summed E-state index contributed by atoms with van der Waals surface area (Å²) in [6, 6.07) is 17.5. The minimum atomic E-state index is -0.280. The Morgan fingerprint density at radius 3 is 2.38 bits per heavy atom. The van der Waals surface area contributed by atoms with E-state index in [9.17, 15) is 9.59 Å². The summed E-state index contributed by atoms with van der Waals surface area (Å²) in [4.78, 5) is 28.9. The molecule has 0 aliphatic rings. The lowest BCUT2D eigenvalue weighted by Crippen LogP contribution is -2.25. The van der Waals surface area contributed by atoms with Gasteiger partial charge in [-0.05, 0) is 73.5 Å². The number of H-pyrrole nitrogens is 1. The fraction of sp³-hybridized carbons (Fsp3) is 0.172. The number of ether oxygens (including phenoxy) is 3. The molecular formula is C29H26N2O6. The molecule has 2 aromatic heterocycles. The van der Waals surface area contributed by atoms with Crippen molar-refractivity contribution in [2.45, 2.75) is 13.3 Å². The molecule has 3 aromatic carbocycles. The van der Waals surface area contributed by atoms with Crippen LogP contribution in [0, 0.1) is 6.92 Å². The largest absolute Gasteiger partial charge is 0.497 e. The fourth-order valence-electron chi connectivity index (χ4n) is 4.21. The third kappa shape index (κ3) is 4.86. The van der Waals surface area contributed by atoms with Gasteiger partial charge in [0.1, 0.15) is 28.6 Å². The predicted molar refractivity (Wildman–Crippen MR) is 141 cm³/mol. The van der Waals surface area contributed by atoms with Gasteiger partial charge in [0.2, 0.25) is 11.2 Å². The molecule has 0 unspecified atom stereocenters. The van der Waals surface area contributed by atoms with Gasteiger partial charge in [-0.2, -0.15) is 0 Å². The van der Waals surface area contributed by atoms with Gasteiger partial charge in [-0.3, -0.25) is 9.59 Å². The molecule has 5 rings (SSSR count). The number of amides is 1. The second-order valence-corrected chi connectivity index (χ2v) is 8.54. The molecule has 0 radical (unpaired) electrons. The summed E-state index contributed by atoms with van der Waals surface area (Å²) >= 11 is 0. The lowest BCUT2D eigenvalue weighted by molar-refractivity contribution is 0.0954. The van der Waals surface area contributed by atoms with E-state index >= 15 is 0 Å².